The van der Waals surface area contributed by atoms with Crippen LogP contribution in [0.2, 0.25) is 0 Å². The number of hydrogen-bond acceptors (Lipinski definition) is 6. The second-order valence-corrected chi connectivity index (χ2v) is 6.82. The van der Waals surface area contributed by atoms with Gasteiger partial charge < -0.3 is 20.3 Å². The summed E-state index contributed by atoms with van der Waals surface area (Å²) < 4.78 is 5.07. The Balaban J connectivity index is 1.91. The molecule has 0 saturated heterocycles. The number of aliphatic hydroxyl groups is 2. The van der Waals surface area contributed by atoms with Crippen LogP contribution in [0.3, 0.4) is 0 Å². The number of rotatable bonds is 5. The molecule has 0 fully saturated rings. The van der Waals surface area contributed by atoms with E-state index in [1.54, 1.807) is 20.8 Å². The third kappa shape index (κ3) is 4.77. The van der Waals surface area contributed by atoms with Crippen molar-refractivity contribution >= 4 is 17.9 Å². The number of ether oxygens (including phenoxy) is 1. The zero-order chi connectivity index (χ0) is 18.8. The van der Waals surface area contributed by atoms with E-state index in [0.717, 1.165) is 0 Å². The number of hydrogen-bond donors (Lipinski definition) is 4. The van der Waals surface area contributed by atoms with Crippen LogP contribution in [-0.4, -0.2) is 46.4 Å². The number of carbonyl (C=O) groups is 3. The minimum Gasteiger partial charge on any atom is -0.444 e. The van der Waals surface area contributed by atoms with Gasteiger partial charge >= 0.3 is 6.09 Å². The Kier molecular flexibility index (Phi) is 5.44. The largest absolute Gasteiger partial charge is 0.444 e. The number of alkyl carbamates (subject to hydrolysis) is 1. The van der Waals surface area contributed by atoms with E-state index < -0.39 is 35.7 Å². The maximum atomic E-state index is 11.6. The first kappa shape index (κ1) is 18.9. The molecule has 0 bridgehead atoms. The van der Waals surface area contributed by atoms with Crippen LogP contribution in [0.5, 0.6) is 0 Å². The molecule has 2 rings (SSSR count). The highest BCUT2D eigenvalue weighted by Gasteiger charge is 2.28. The summed E-state index contributed by atoms with van der Waals surface area (Å²) in [4.78, 5) is 34.7. The molecule has 1 aromatic carbocycles. The quantitative estimate of drug-likeness (QED) is 0.584. The van der Waals surface area contributed by atoms with Gasteiger partial charge in [0, 0.05) is 6.54 Å². The Morgan fingerprint density at radius 3 is 2.48 bits per heavy atom. The molecular formula is C17H22N2O6. The van der Waals surface area contributed by atoms with E-state index in [1.807, 2.05) is 0 Å². The fourth-order valence-electron chi connectivity index (χ4n) is 2.39. The number of imide groups is 1. The Morgan fingerprint density at radius 2 is 1.84 bits per heavy atom. The van der Waals surface area contributed by atoms with Crippen molar-refractivity contribution in [3.05, 3.63) is 34.9 Å². The second kappa shape index (κ2) is 7.20. The lowest BCUT2D eigenvalue weighted by Crippen LogP contribution is -2.34. The highest BCUT2D eigenvalue weighted by molar-refractivity contribution is 6.21. The maximum Gasteiger partial charge on any atom is 0.407 e. The van der Waals surface area contributed by atoms with Crippen molar-refractivity contribution in [3.63, 3.8) is 0 Å². The summed E-state index contributed by atoms with van der Waals surface area (Å²) in [7, 11) is 0. The topological polar surface area (TPSA) is 125 Å². The normalized spacial score (nSPS) is 16.0. The number of carbonyl (C=O) groups excluding carboxylic acids is 3. The Hall–Kier alpha value is -2.45. The van der Waals surface area contributed by atoms with Crippen LogP contribution in [-0.2, 0) is 4.74 Å². The van der Waals surface area contributed by atoms with Gasteiger partial charge in [-0.2, -0.15) is 0 Å². The molecular weight excluding hydrogens is 328 g/mol. The molecule has 2 unspecified atom stereocenters. The maximum absolute atomic E-state index is 11.6. The molecule has 4 N–H and O–H groups in total. The van der Waals surface area contributed by atoms with E-state index in [9.17, 15) is 24.6 Å². The number of fused-ring (bicyclic) bond motifs is 1. The van der Waals surface area contributed by atoms with Gasteiger partial charge in [0.1, 0.15) is 11.7 Å². The lowest BCUT2D eigenvalue weighted by molar-refractivity contribution is 0.0122. The third-order valence-corrected chi connectivity index (χ3v) is 3.57. The fourth-order valence-corrected chi connectivity index (χ4v) is 2.39. The first-order chi connectivity index (χ1) is 11.6. The Bertz CT molecular complexity index is 695. The monoisotopic (exact) mass is 350 g/mol. The standard InChI is InChI=1S/C17H22N2O6/c1-17(2,3)25-16(24)18-7-6-12(20)13(21)9-4-5-10-11(8-9)15(23)19-14(10)22/h4-5,8,12-13,20-21H,6-7H2,1-3H3,(H,18,24)(H,19,22,23). The number of benzene rings is 1. The SMILES string of the molecule is CC(C)(C)OC(=O)NCCC(O)C(O)c1ccc2c(c1)C(=O)NC2=O. The average Bonchev–Trinajstić information content (AvgIpc) is 2.79. The summed E-state index contributed by atoms with van der Waals surface area (Å²) in [5.41, 5.74) is 0.0981. The summed E-state index contributed by atoms with van der Waals surface area (Å²) in [6, 6.07) is 4.29. The van der Waals surface area contributed by atoms with Gasteiger partial charge in [0.2, 0.25) is 0 Å². The van der Waals surface area contributed by atoms with Gasteiger partial charge in [-0.3, -0.25) is 14.9 Å². The van der Waals surface area contributed by atoms with Crippen LogP contribution >= 0.6 is 0 Å². The van der Waals surface area contributed by atoms with Gasteiger partial charge in [0.25, 0.3) is 11.8 Å². The fraction of sp³-hybridized carbons (Fsp3) is 0.471. The first-order valence-electron chi connectivity index (χ1n) is 7.91. The minimum absolute atomic E-state index is 0.0859. The molecule has 0 radical (unpaired) electrons. The van der Waals surface area contributed by atoms with E-state index in [-0.39, 0.29) is 24.1 Å². The van der Waals surface area contributed by atoms with Gasteiger partial charge in [0.15, 0.2) is 0 Å². The van der Waals surface area contributed by atoms with Crippen LogP contribution in [0.15, 0.2) is 18.2 Å². The molecule has 2 atom stereocenters. The van der Waals surface area contributed by atoms with E-state index >= 15 is 0 Å². The number of nitrogens with one attached hydrogen (secondary N) is 2. The zero-order valence-corrected chi connectivity index (χ0v) is 14.3. The minimum atomic E-state index is -1.26. The van der Waals surface area contributed by atoms with Crippen LogP contribution in [0.1, 0.15) is 59.6 Å². The highest BCUT2D eigenvalue weighted by Crippen LogP contribution is 2.24. The third-order valence-electron chi connectivity index (χ3n) is 3.57. The Labute approximate surface area is 145 Å². The predicted molar refractivity (Wildman–Crippen MR) is 88.1 cm³/mol. The molecule has 0 saturated carbocycles. The molecule has 136 valence electrons. The Morgan fingerprint density at radius 1 is 1.20 bits per heavy atom. The van der Waals surface area contributed by atoms with Gasteiger partial charge in [-0.15, -0.1) is 0 Å². The average molecular weight is 350 g/mol. The van der Waals surface area contributed by atoms with Crippen molar-refractivity contribution in [3.8, 4) is 0 Å². The summed E-state index contributed by atoms with van der Waals surface area (Å²) in [5.74, 6) is -1.02. The van der Waals surface area contributed by atoms with Crippen molar-refractivity contribution in [2.24, 2.45) is 0 Å². The van der Waals surface area contributed by atoms with Crippen molar-refractivity contribution in [2.45, 2.75) is 45.0 Å². The van der Waals surface area contributed by atoms with Gasteiger partial charge in [-0.1, -0.05) is 6.07 Å². The van der Waals surface area contributed by atoms with Gasteiger partial charge in [0.05, 0.1) is 17.2 Å². The zero-order valence-electron chi connectivity index (χ0n) is 14.3. The molecule has 8 heteroatoms. The number of amides is 3. The van der Waals surface area contributed by atoms with Gasteiger partial charge in [-0.25, -0.2) is 4.79 Å². The molecule has 0 aliphatic carbocycles. The lowest BCUT2D eigenvalue weighted by Gasteiger charge is -2.21. The molecule has 1 aromatic rings. The van der Waals surface area contributed by atoms with Gasteiger partial charge in [-0.05, 0) is 44.9 Å². The summed E-state index contributed by atoms with van der Waals surface area (Å²) in [6.07, 6.45) is -2.94. The van der Waals surface area contributed by atoms with Crippen molar-refractivity contribution in [2.75, 3.05) is 6.54 Å². The molecule has 25 heavy (non-hydrogen) atoms. The van der Waals surface area contributed by atoms with Crippen LogP contribution in [0.4, 0.5) is 4.79 Å². The molecule has 1 aliphatic heterocycles. The molecule has 1 aliphatic rings. The van der Waals surface area contributed by atoms with Crippen molar-refractivity contribution in [1.82, 2.24) is 10.6 Å². The summed E-state index contributed by atoms with van der Waals surface area (Å²) in [6.45, 7) is 5.32. The van der Waals surface area contributed by atoms with E-state index in [0.29, 0.717) is 5.56 Å². The van der Waals surface area contributed by atoms with Crippen molar-refractivity contribution < 1.29 is 29.3 Å². The molecule has 8 nitrogen and oxygen atoms in total. The van der Waals surface area contributed by atoms with Crippen LogP contribution in [0, 0.1) is 0 Å². The van der Waals surface area contributed by atoms with E-state index in [1.165, 1.54) is 18.2 Å². The summed E-state index contributed by atoms with van der Waals surface area (Å²) in [5, 5.41) is 24.9. The number of aliphatic hydroxyl groups excluding tert-OH is 2. The lowest BCUT2D eigenvalue weighted by atomic mass is 9.98. The molecule has 0 aromatic heterocycles. The second-order valence-electron chi connectivity index (χ2n) is 6.82. The summed E-state index contributed by atoms with van der Waals surface area (Å²) >= 11 is 0. The van der Waals surface area contributed by atoms with E-state index in [2.05, 4.69) is 10.6 Å². The smallest absolute Gasteiger partial charge is 0.407 e. The molecule has 1 heterocycles. The predicted octanol–water partition coefficient (Wildman–Crippen LogP) is 0.879. The highest BCUT2D eigenvalue weighted by atomic mass is 16.6. The molecule has 0 spiro atoms. The van der Waals surface area contributed by atoms with E-state index in [4.69, 9.17) is 4.74 Å². The first-order valence-corrected chi connectivity index (χ1v) is 7.91. The van der Waals surface area contributed by atoms with Crippen molar-refractivity contribution in [1.29, 1.82) is 0 Å². The molecule has 3 amide bonds. The van der Waals surface area contributed by atoms with Crippen LogP contribution < -0.4 is 10.6 Å². The van der Waals surface area contributed by atoms with Crippen LogP contribution in [0.25, 0.3) is 0 Å².